The average Bonchev–Trinajstić information content (AvgIpc) is 2.85. The Bertz CT molecular complexity index is 330. The lowest BCUT2D eigenvalue weighted by molar-refractivity contribution is -0.148. The van der Waals surface area contributed by atoms with Gasteiger partial charge in [0.05, 0.1) is 7.11 Å². The van der Waals surface area contributed by atoms with Gasteiger partial charge in [0, 0.05) is 12.6 Å². The molecule has 2 aliphatic carbocycles. The third-order valence-corrected chi connectivity index (χ3v) is 5.17. The van der Waals surface area contributed by atoms with E-state index in [1.165, 1.54) is 32.9 Å². The van der Waals surface area contributed by atoms with Crippen LogP contribution in [0.1, 0.15) is 51.9 Å². The molecule has 0 spiro atoms. The first-order chi connectivity index (χ1) is 9.61. The average molecular weight is 282 g/mol. The van der Waals surface area contributed by atoms with E-state index in [1.807, 2.05) is 0 Å². The standard InChI is InChI=1S/C16H30N2O2/c1-4-10-17-16(15(19)20-3)9-8-14(11-16)18(2)12-13-6-5-7-13/h13-14,17H,4-12H2,1-3H3. The summed E-state index contributed by atoms with van der Waals surface area (Å²) < 4.78 is 5.06. The van der Waals surface area contributed by atoms with Crippen LogP contribution in [0, 0.1) is 5.92 Å². The molecule has 0 aromatic heterocycles. The minimum Gasteiger partial charge on any atom is -0.468 e. The number of nitrogens with one attached hydrogen (secondary N) is 1. The summed E-state index contributed by atoms with van der Waals surface area (Å²) in [6.45, 7) is 4.21. The summed E-state index contributed by atoms with van der Waals surface area (Å²) in [5, 5.41) is 3.46. The maximum atomic E-state index is 12.2. The number of ether oxygens (including phenoxy) is 1. The van der Waals surface area contributed by atoms with Crippen LogP contribution in [0.2, 0.25) is 0 Å². The Morgan fingerprint density at radius 2 is 2.15 bits per heavy atom. The molecule has 2 saturated carbocycles. The predicted octanol–water partition coefficient (Wildman–Crippen LogP) is 2.18. The van der Waals surface area contributed by atoms with Crippen molar-refractivity contribution in [2.75, 3.05) is 27.2 Å². The van der Waals surface area contributed by atoms with E-state index in [1.54, 1.807) is 0 Å². The molecule has 2 atom stereocenters. The van der Waals surface area contributed by atoms with Crippen molar-refractivity contribution in [3.05, 3.63) is 0 Å². The second-order valence-electron chi connectivity index (χ2n) is 6.63. The Morgan fingerprint density at radius 1 is 1.40 bits per heavy atom. The number of carbonyl (C=O) groups is 1. The molecular weight excluding hydrogens is 252 g/mol. The Kier molecular flexibility index (Phi) is 5.44. The second kappa shape index (κ2) is 6.90. The van der Waals surface area contributed by atoms with Crippen LogP contribution >= 0.6 is 0 Å². The van der Waals surface area contributed by atoms with Crippen molar-refractivity contribution < 1.29 is 9.53 Å². The van der Waals surface area contributed by atoms with Gasteiger partial charge in [-0.1, -0.05) is 13.3 Å². The van der Waals surface area contributed by atoms with E-state index in [4.69, 9.17) is 4.74 Å². The fraction of sp³-hybridized carbons (Fsp3) is 0.938. The van der Waals surface area contributed by atoms with Gasteiger partial charge in [0.25, 0.3) is 0 Å². The largest absolute Gasteiger partial charge is 0.468 e. The zero-order valence-corrected chi connectivity index (χ0v) is 13.3. The summed E-state index contributed by atoms with van der Waals surface area (Å²) in [6, 6.07) is 0.513. The van der Waals surface area contributed by atoms with Crippen LogP contribution in [0.25, 0.3) is 0 Å². The molecule has 2 unspecified atom stereocenters. The van der Waals surface area contributed by atoms with E-state index in [-0.39, 0.29) is 5.97 Å². The number of esters is 1. The topological polar surface area (TPSA) is 41.6 Å². The predicted molar refractivity (Wildman–Crippen MR) is 80.7 cm³/mol. The fourth-order valence-electron chi connectivity index (χ4n) is 3.61. The third kappa shape index (κ3) is 3.34. The summed E-state index contributed by atoms with van der Waals surface area (Å²) in [5.74, 6) is 0.808. The van der Waals surface area contributed by atoms with Gasteiger partial charge in [-0.25, -0.2) is 0 Å². The monoisotopic (exact) mass is 282 g/mol. The molecule has 0 aromatic carbocycles. The van der Waals surface area contributed by atoms with Gasteiger partial charge in [0.15, 0.2) is 0 Å². The molecular formula is C16H30N2O2. The Balaban J connectivity index is 1.92. The van der Waals surface area contributed by atoms with Crippen molar-refractivity contribution in [2.24, 2.45) is 5.92 Å². The van der Waals surface area contributed by atoms with Gasteiger partial charge in [0.2, 0.25) is 0 Å². The van der Waals surface area contributed by atoms with Gasteiger partial charge in [-0.3, -0.25) is 4.79 Å². The van der Waals surface area contributed by atoms with Crippen LogP contribution in [0.5, 0.6) is 0 Å². The van der Waals surface area contributed by atoms with Gasteiger partial charge in [-0.15, -0.1) is 0 Å². The zero-order chi connectivity index (χ0) is 14.6. The maximum absolute atomic E-state index is 12.2. The van der Waals surface area contributed by atoms with Crippen LogP contribution in [0.3, 0.4) is 0 Å². The highest BCUT2D eigenvalue weighted by Crippen LogP contribution is 2.35. The second-order valence-corrected chi connectivity index (χ2v) is 6.63. The number of rotatable bonds is 7. The summed E-state index contributed by atoms with van der Waals surface area (Å²) >= 11 is 0. The van der Waals surface area contributed by atoms with E-state index in [2.05, 4.69) is 24.2 Å². The highest BCUT2D eigenvalue weighted by Gasteiger charge is 2.47. The van der Waals surface area contributed by atoms with Crippen molar-refractivity contribution >= 4 is 5.97 Å². The van der Waals surface area contributed by atoms with Gasteiger partial charge in [0.1, 0.15) is 5.54 Å². The number of hydrogen-bond acceptors (Lipinski definition) is 4. The molecule has 0 heterocycles. The summed E-state index contributed by atoms with van der Waals surface area (Å²) in [4.78, 5) is 14.7. The first kappa shape index (κ1) is 15.8. The van der Waals surface area contributed by atoms with Crippen LogP contribution in [-0.4, -0.2) is 49.7 Å². The summed E-state index contributed by atoms with van der Waals surface area (Å²) in [7, 11) is 3.72. The Labute approximate surface area is 123 Å². The van der Waals surface area contributed by atoms with Crippen molar-refractivity contribution in [1.82, 2.24) is 10.2 Å². The highest BCUT2D eigenvalue weighted by molar-refractivity contribution is 5.81. The van der Waals surface area contributed by atoms with Crippen LogP contribution < -0.4 is 5.32 Å². The molecule has 0 amide bonds. The molecule has 20 heavy (non-hydrogen) atoms. The molecule has 0 bridgehead atoms. The van der Waals surface area contributed by atoms with E-state index in [9.17, 15) is 4.79 Å². The number of carbonyl (C=O) groups excluding carboxylic acids is 1. The van der Waals surface area contributed by atoms with Crippen LogP contribution in [0.4, 0.5) is 0 Å². The molecule has 116 valence electrons. The number of methoxy groups -OCH3 is 1. The van der Waals surface area contributed by atoms with Gasteiger partial charge >= 0.3 is 5.97 Å². The SMILES string of the molecule is CCCNC1(C(=O)OC)CCC(N(C)CC2CCC2)C1. The third-order valence-electron chi connectivity index (χ3n) is 5.17. The molecule has 2 rings (SSSR count). The Hall–Kier alpha value is -0.610. The van der Waals surface area contributed by atoms with Gasteiger partial charge in [-0.05, 0) is 58.0 Å². The van der Waals surface area contributed by atoms with E-state index in [0.717, 1.165) is 38.1 Å². The molecule has 2 fully saturated rings. The molecule has 4 heteroatoms. The van der Waals surface area contributed by atoms with Crippen LogP contribution in [0.15, 0.2) is 0 Å². The van der Waals surface area contributed by atoms with Crippen molar-refractivity contribution in [2.45, 2.75) is 63.5 Å². The summed E-state index contributed by atoms with van der Waals surface area (Å²) in [5.41, 5.74) is -0.441. The molecule has 4 nitrogen and oxygen atoms in total. The minimum atomic E-state index is -0.441. The lowest BCUT2D eigenvalue weighted by atomic mass is 9.85. The molecule has 1 N–H and O–H groups in total. The zero-order valence-electron chi connectivity index (χ0n) is 13.3. The summed E-state index contributed by atoms with van der Waals surface area (Å²) in [6.07, 6.45) is 8.09. The molecule has 0 saturated heterocycles. The lowest BCUT2D eigenvalue weighted by Crippen LogP contribution is -2.52. The lowest BCUT2D eigenvalue weighted by Gasteiger charge is -2.34. The van der Waals surface area contributed by atoms with E-state index < -0.39 is 5.54 Å². The quantitative estimate of drug-likeness (QED) is 0.727. The molecule has 0 radical (unpaired) electrons. The highest BCUT2D eigenvalue weighted by atomic mass is 16.5. The van der Waals surface area contributed by atoms with E-state index in [0.29, 0.717) is 6.04 Å². The normalized spacial score (nSPS) is 30.5. The van der Waals surface area contributed by atoms with E-state index >= 15 is 0 Å². The van der Waals surface area contributed by atoms with Crippen molar-refractivity contribution in [1.29, 1.82) is 0 Å². The first-order valence-electron chi connectivity index (χ1n) is 8.15. The van der Waals surface area contributed by atoms with Gasteiger partial charge < -0.3 is 15.0 Å². The molecule has 2 aliphatic rings. The Morgan fingerprint density at radius 3 is 2.70 bits per heavy atom. The number of hydrogen-bond donors (Lipinski definition) is 1. The minimum absolute atomic E-state index is 0.0782. The smallest absolute Gasteiger partial charge is 0.326 e. The van der Waals surface area contributed by atoms with Crippen LogP contribution in [-0.2, 0) is 9.53 Å². The number of nitrogens with zero attached hydrogens (tertiary/aromatic N) is 1. The first-order valence-corrected chi connectivity index (χ1v) is 8.15. The molecule has 0 aliphatic heterocycles. The van der Waals surface area contributed by atoms with Crippen molar-refractivity contribution in [3.8, 4) is 0 Å². The fourth-order valence-corrected chi connectivity index (χ4v) is 3.61. The molecule has 0 aromatic rings. The van der Waals surface area contributed by atoms with Crippen molar-refractivity contribution in [3.63, 3.8) is 0 Å². The maximum Gasteiger partial charge on any atom is 0.326 e. The van der Waals surface area contributed by atoms with Gasteiger partial charge in [-0.2, -0.15) is 0 Å².